The predicted molar refractivity (Wildman–Crippen MR) is 128 cm³/mol. The van der Waals surface area contributed by atoms with E-state index in [0.717, 1.165) is 42.3 Å². The maximum Gasteiger partial charge on any atom is 0.327 e. The molecule has 2 saturated heterocycles. The number of aromatic nitrogens is 1. The summed E-state index contributed by atoms with van der Waals surface area (Å²) in [6, 6.07) is 13.4. The molecule has 1 aromatic carbocycles. The molecule has 8 heteroatoms. The maximum atomic E-state index is 13.7. The van der Waals surface area contributed by atoms with Gasteiger partial charge in [-0.25, -0.2) is 4.79 Å². The van der Waals surface area contributed by atoms with E-state index in [1.807, 2.05) is 49.4 Å². The van der Waals surface area contributed by atoms with Crippen LogP contribution in [0.3, 0.4) is 0 Å². The quantitative estimate of drug-likeness (QED) is 0.417. The molecule has 2 aliphatic rings. The Hall–Kier alpha value is -2.97. The van der Waals surface area contributed by atoms with E-state index in [0.29, 0.717) is 32.4 Å². The number of amides is 3. The van der Waals surface area contributed by atoms with E-state index in [1.165, 1.54) is 4.90 Å². The van der Waals surface area contributed by atoms with Crippen LogP contribution in [0.5, 0.6) is 5.75 Å². The number of nitrogens with zero attached hydrogens (tertiary/aromatic N) is 4. The number of ether oxygens (including phenoxy) is 2. The second-order valence-electron chi connectivity index (χ2n) is 9.10. The summed E-state index contributed by atoms with van der Waals surface area (Å²) in [7, 11) is 3.27. The van der Waals surface area contributed by atoms with E-state index in [-0.39, 0.29) is 18.5 Å². The Morgan fingerprint density at radius 1 is 1.00 bits per heavy atom. The molecule has 3 heterocycles. The highest BCUT2D eigenvalue weighted by Gasteiger charge is 2.57. The molecule has 8 nitrogen and oxygen atoms in total. The van der Waals surface area contributed by atoms with Crippen LogP contribution >= 0.6 is 0 Å². The van der Waals surface area contributed by atoms with Crippen LogP contribution in [0, 0.1) is 6.92 Å². The molecule has 0 N–H and O–H groups in total. The van der Waals surface area contributed by atoms with E-state index in [2.05, 4.69) is 9.88 Å². The monoisotopic (exact) mass is 466 g/mol. The fourth-order valence-electron chi connectivity index (χ4n) is 4.99. The van der Waals surface area contributed by atoms with Crippen molar-refractivity contribution in [2.45, 2.75) is 44.8 Å². The van der Waals surface area contributed by atoms with Crippen LogP contribution in [-0.2, 0) is 22.6 Å². The largest absolute Gasteiger partial charge is 0.497 e. The summed E-state index contributed by atoms with van der Waals surface area (Å²) in [4.78, 5) is 37.4. The van der Waals surface area contributed by atoms with Crippen LogP contribution in [-0.4, -0.2) is 77.6 Å². The highest BCUT2D eigenvalue weighted by Crippen LogP contribution is 2.38. The first-order chi connectivity index (χ1) is 16.5. The van der Waals surface area contributed by atoms with E-state index in [1.54, 1.807) is 19.1 Å². The highest BCUT2D eigenvalue weighted by atomic mass is 16.5. The first-order valence-corrected chi connectivity index (χ1v) is 11.9. The van der Waals surface area contributed by atoms with E-state index in [9.17, 15) is 9.59 Å². The Kier molecular flexibility index (Phi) is 7.48. The average Bonchev–Trinajstić information content (AvgIpc) is 3.03. The normalized spacial score (nSPS) is 18.2. The van der Waals surface area contributed by atoms with Gasteiger partial charge in [-0.1, -0.05) is 18.2 Å². The topological polar surface area (TPSA) is 75.2 Å². The second kappa shape index (κ2) is 10.5. The molecule has 0 unspecified atom stereocenters. The van der Waals surface area contributed by atoms with Gasteiger partial charge in [-0.15, -0.1) is 0 Å². The lowest BCUT2D eigenvalue weighted by Gasteiger charge is -2.42. The van der Waals surface area contributed by atoms with Crippen LogP contribution < -0.4 is 4.74 Å². The summed E-state index contributed by atoms with van der Waals surface area (Å²) in [6.07, 6.45) is 1.94. The molecule has 182 valence electrons. The van der Waals surface area contributed by atoms with Gasteiger partial charge in [0.05, 0.1) is 19.3 Å². The van der Waals surface area contributed by atoms with Gasteiger partial charge in [0.25, 0.3) is 5.91 Å². The highest BCUT2D eigenvalue weighted by molar-refractivity contribution is 6.07. The Morgan fingerprint density at radius 2 is 1.74 bits per heavy atom. The minimum absolute atomic E-state index is 0.0842. The van der Waals surface area contributed by atoms with E-state index in [4.69, 9.17) is 9.47 Å². The first-order valence-electron chi connectivity index (χ1n) is 11.9. The molecule has 0 aliphatic carbocycles. The number of aryl methyl sites for hydroxylation is 1. The Bertz CT molecular complexity index is 1000. The van der Waals surface area contributed by atoms with Crippen molar-refractivity contribution in [3.63, 3.8) is 0 Å². The molecular formula is C26H34N4O4. The van der Waals surface area contributed by atoms with Crippen LogP contribution in [0.25, 0.3) is 0 Å². The SMILES string of the molecule is COCCCN1C(=O)N(Cc2ccc(OC)cc2)C(=O)C12CCN(Cc1cccc(C)n1)CC2. The molecule has 4 rings (SSSR count). The van der Waals surface area contributed by atoms with E-state index < -0.39 is 5.54 Å². The van der Waals surface area contributed by atoms with Gasteiger partial charge in [0, 0.05) is 45.6 Å². The molecule has 2 fully saturated rings. The zero-order valence-corrected chi connectivity index (χ0v) is 20.3. The number of urea groups is 1. The number of rotatable bonds is 9. The van der Waals surface area contributed by atoms with Crippen molar-refractivity contribution < 1.29 is 19.1 Å². The lowest BCUT2D eigenvalue weighted by Crippen LogP contribution is -2.56. The molecule has 1 spiro atoms. The van der Waals surface area contributed by atoms with Crippen LogP contribution in [0.2, 0.25) is 0 Å². The minimum Gasteiger partial charge on any atom is -0.497 e. The van der Waals surface area contributed by atoms with E-state index >= 15 is 0 Å². The van der Waals surface area contributed by atoms with Gasteiger partial charge in [0.1, 0.15) is 11.3 Å². The lowest BCUT2D eigenvalue weighted by molar-refractivity contribution is -0.136. The molecular weight excluding hydrogens is 432 g/mol. The lowest BCUT2D eigenvalue weighted by atomic mass is 9.85. The van der Waals surface area contributed by atoms with Crippen LogP contribution in [0.15, 0.2) is 42.5 Å². The van der Waals surface area contributed by atoms with Gasteiger partial charge in [-0.2, -0.15) is 0 Å². The van der Waals surface area contributed by atoms with Crippen molar-refractivity contribution in [1.29, 1.82) is 0 Å². The third kappa shape index (κ3) is 4.93. The number of imide groups is 1. The van der Waals surface area contributed by atoms with Crippen molar-refractivity contribution in [3.05, 3.63) is 59.4 Å². The van der Waals surface area contributed by atoms with Crippen molar-refractivity contribution >= 4 is 11.9 Å². The first kappa shape index (κ1) is 24.2. The number of benzene rings is 1. The van der Waals surface area contributed by atoms with Gasteiger partial charge in [0.2, 0.25) is 0 Å². The summed E-state index contributed by atoms with van der Waals surface area (Å²) in [5.74, 6) is 0.662. The summed E-state index contributed by atoms with van der Waals surface area (Å²) < 4.78 is 10.4. The smallest absolute Gasteiger partial charge is 0.327 e. The Labute approximate surface area is 201 Å². The number of methoxy groups -OCH3 is 2. The van der Waals surface area contributed by atoms with Crippen LogP contribution in [0.1, 0.15) is 36.2 Å². The van der Waals surface area contributed by atoms with Crippen molar-refractivity contribution in [3.8, 4) is 5.75 Å². The molecule has 3 amide bonds. The molecule has 1 aromatic heterocycles. The molecule has 2 aromatic rings. The van der Waals surface area contributed by atoms with Gasteiger partial charge < -0.3 is 14.4 Å². The summed E-state index contributed by atoms with van der Waals surface area (Å²) in [6.45, 7) is 5.55. The number of pyridine rings is 1. The number of likely N-dealkylation sites (tertiary alicyclic amines) is 1. The Balaban J connectivity index is 1.50. The molecule has 2 aliphatic heterocycles. The van der Waals surface area contributed by atoms with Gasteiger partial charge in [-0.3, -0.25) is 19.6 Å². The molecule has 0 radical (unpaired) electrons. The van der Waals surface area contributed by atoms with Crippen molar-refractivity contribution in [2.24, 2.45) is 0 Å². The zero-order valence-electron chi connectivity index (χ0n) is 20.3. The Morgan fingerprint density at radius 3 is 2.38 bits per heavy atom. The number of carbonyl (C=O) groups is 2. The third-order valence-corrected chi connectivity index (χ3v) is 6.87. The molecule has 0 saturated carbocycles. The van der Waals surface area contributed by atoms with Crippen LogP contribution in [0.4, 0.5) is 4.79 Å². The number of hydrogen-bond donors (Lipinski definition) is 0. The third-order valence-electron chi connectivity index (χ3n) is 6.87. The fraction of sp³-hybridized carbons (Fsp3) is 0.500. The summed E-state index contributed by atoms with van der Waals surface area (Å²) in [5, 5.41) is 0. The number of hydrogen-bond acceptors (Lipinski definition) is 6. The molecule has 34 heavy (non-hydrogen) atoms. The van der Waals surface area contributed by atoms with Gasteiger partial charge in [0.15, 0.2) is 0 Å². The van der Waals surface area contributed by atoms with Gasteiger partial charge in [-0.05, 0) is 56.0 Å². The standard InChI is InChI=1S/C26H34N4O4/c1-20-6-4-7-22(27-20)19-28-15-12-26(13-16-28)24(31)29(25(32)30(26)14-5-17-33-2)18-21-8-10-23(34-3)11-9-21/h4,6-11H,5,12-19H2,1-3H3. The molecule has 0 bridgehead atoms. The zero-order chi connectivity index (χ0) is 24.1. The van der Waals surface area contributed by atoms with Crippen molar-refractivity contribution in [2.75, 3.05) is 40.5 Å². The summed E-state index contributed by atoms with van der Waals surface area (Å²) >= 11 is 0. The predicted octanol–water partition coefficient (Wildman–Crippen LogP) is 3.23. The number of carbonyl (C=O) groups excluding carboxylic acids is 2. The maximum absolute atomic E-state index is 13.7. The molecule has 0 atom stereocenters. The number of piperidine rings is 1. The average molecular weight is 467 g/mol. The fourth-order valence-corrected chi connectivity index (χ4v) is 4.99. The minimum atomic E-state index is -0.784. The van der Waals surface area contributed by atoms with Crippen molar-refractivity contribution in [1.82, 2.24) is 19.7 Å². The van der Waals surface area contributed by atoms with Gasteiger partial charge >= 0.3 is 6.03 Å². The second-order valence-corrected chi connectivity index (χ2v) is 9.10. The summed E-state index contributed by atoms with van der Waals surface area (Å²) in [5.41, 5.74) is 2.15.